The van der Waals surface area contributed by atoms with Crippen LogP contribution in [0.15, 0.2) is 42.5 Å². The van der Waals surface area contributed by atoms with Crippen molar-refractivity contribution in [3.63, 3.8) is 0 Å². The van der Waals surface area contributed by atoms with Crippen LogP contribution >= 0.6 is 11.6 Å². The maximum Gasteiger partial charge on any atom is 0.313 e. The molecule has 0 saturated carbocycles. The predicted molar refractivity (Wildman–Crippen MR) is 111 cm³/mol. The summed E-state index contributed by atoms with van der Waals surface area (Å²) in [5.74, 6) is -2.15. The van der Waals surface area contributed by atoms with E-state index in [-0.39, 0.29) is 10.7 Å². The summed E-state index contributed by atoms with van der Waals surface area (Å²) in [5.41, 5.74) is 2.61. The number of aryl methyl sites for hydroxylation is 1. The Labute approximate surface area is 174 Å². The van der Waals surface area contributed by atoms with Crippen molar-refractivity contribution in [1.29, 1.82) is 0 Å². The molecule has 6 nitrogen and oxygen atoms in total. The molecule has 1 heterocycles. The highest BCUT2D eigenvalue weighted by Crippen LogP contribution is 2.19. The van der Waals surface area contributed by atoms with E-state index in [0.29, 0.717) is 13.0 Å². The minimum Gasteiger partial charge on any atom is -0.378 e. The molecule has 0 aliphatic carbocycles. The molecule has 154 valence electrons. The zero-order valence-electron chi connectivity index (χ0n) is 15.9. The summed E-state index contributed by atoms with van der Waals surface area (Å²) in [6, 6.07) is 12.1. The van der Waals surface area contributed by atoms with E-state index in [9.17, 15) is 14.0 Å². The topological polar surface area (TPSA) is 70.7 Å². The third-order valence-electron chi connectivity index (χ3n) is 4.62. The zero-order chi connectivity index (χ0) is 20.6. The molecule has 1 aliphatic rings. The van der Waals surface area contributed by atoms with Gasteiger partial charge in [-0.1, -0.05) is 23.7 Å². The Balaban J connectivity index is 1.38. The van der Waals surface area contributed by atoms with Crippen molar-refractivity contribution >= 4 is 34.8 Å². The Bertz CT molecular complexity index is 855. The van der Waals surface area contributed by atoms with Gasteiger partial charge in [0.05, 0.1) is 18.2 Å². The van der Waals surface area contributed by atoms with Crippen molar-refractivity contribution in [1.82, 2.24) is 5.32 Å². The van der Waals surface area contributed by atoms with Crippen LogP contribution in [0.5, 0.6) is 0 Å². The lowest BCUT2D eigenvalue weighted by atomic mass is 10.1. The van der Waals surface area contributed by atoms with E-state index in [4.69, 9.17) is 16.3 Å². The number of rotatable bonds is 6. The number of amides is 2. The number of ether oxygens (including phenoxy) is 1. The number of nitrogens with zero attached hydrogens (tertiary/aromatic N) is 1. The van der Waals surface area contributed by atoms with Gasteiger partial charge >= 0.3 is 11.8 Å². The third kappa shape index (κ3) is 6.17. The second-order valence-electron chi connectivity index (χ2n) is 6.71. The third-order valence-corrected chi connectivity index (χ3v) is 4.91. The summed E-state index contributed by atoms with van der Waals surface area (Å²) < 4.78 is 18.5. The number of morpholine rings is 1. The predicted octanol–water partition coefficient (Wildman–Crippen LogP) is 3.00. The maximum absolute atomic E-state index is 13.1. The molecular formula is C21H23ClFN3O3. The molecule has 0 spiro atoms. The molecule has 1 fully saturated rings. The fraction of sp³-hybridized carbons (Fsp3) is 0.333. The smallest absolute Gasteiger partial charge is 0.313 e. The van der Waals surface area contributed by atoms with Gasteiger partial charge in [-0.15, -0.1) is 0 Å². The lowest BCUT2D eigenvalue weighted by molar-refractivity contribution is -0.136. The van der Waals surface area contributed by atoms with Gasteiger partial charge in [0.25, 0.3) is 0 Å². The first kappa shape index (κ1) is 21.1. The summed E-state index contributed by atoms with van der Waals surface area (Å²) in [6.45, 7) is 3.68. The van der Waals surface area contributed by atoms with E-state index in [2.05, 4.69) is 39.8 Å². The standard InChI is InChI=1S/C21H23ClFN3O3/c22-18-14-16(5-8-19(18)23)25-21(28)20(27)24-9-1-2-15-3-6-17(7-4-15)26-10-12-29-13-11-26/h3-8,14H,1-2,9-13H2,(H,24,27)(H,25,28). The van der Waals surface area contributed by atoms with Crippen LogP contribution in [0.4, 0.5) is 15.8 Å². The summed E-state index contributed by atoms with van der Waals surface area (Å²) in [6.07, 6.45) is 1.50. The Hall–Kier alpha value is -2.64. The van der Waals surface area contributed by atoms with E-state index in [1.807, 2.05) is 0 Å². The Morgan fingerprint density at radius 3 is 2.48 bits per heavy atom. The average molecular weight is 420 g/mol. The van der Waals surface area contributed by atoms with Crippen LogP contribution in [0.2, 0.25) is 5.02 Å². The Morgan fingerprint density at radius 1 is 1.07 bits per heavy atom. The van der Waals surface area contributed by atoms with Crippen LogP contribution in [0, 0.1) is 5.82 Å². The van der Waals surface area contributed by atoms with Gasteiger partial charge in [-0.3, -0.25) is 9.59 Å². The zero-order valence-corrected chi connectivity index (χ0v) is 16.7. The highest BCUT2D eigenvalue weighted by atomic mass is 35.5. The van der Waals surface area contributed by atoms with Crippen molar-refractivity contribution in [2.75, 3.05) is 43.1 Å². The van der Waals surface area contributed by atoms with E-state index < -0.39 is 17.6 Å². The molecule has 0 atom stereocenters. The number of carbonyl (C=O) groups is 2. The van der Waals surface area contributed by atoms with E-state index in [0.717, 1.165) is 38.8 Å². The molecule has 2 aromatic carbocycles. The van der Waals surface area contributed by atoms with Gasteiger partial charge in [0.1, 0.15) is 5.82 Å². The lowest BCUT2D eigenvalue weighted by Crippen LogP contribution is -2.36. The van der Waals surface area contributed by atoms with E-state index >= 15 is 0 Å². The minimum atomic E-state index is -0.817. The Kier molecular flexibility index (Phi) is 7.43. The number of halogens is 2. The maximum atomic E-state index is 13.1. The number of hydrogen-bond donors (Lipinski definition) is 2. The van der Waals surface area contributed by atoms with Crippen molar-refractivity contribution in [3.05, 3.63) is 58.9 Å². The number of carbonyl (C=O) groups excluding carboxylic acids is 2. The molecule has 0 radical (unpaired) electrons. The molecule has 2 amide bonds. The molecule has 0 unspecified atom stereocenters. The number of benzene rings is 2. The second-order valence-corrected chi connectivity index (χ2v) is 7.12. The second kappa shape index (κ2) is 10.2. The van der Waals surface area contributed by atoms with Crippen LogP contribution < -0.4 is 15.5 Å². The molecule has 0 bridgehead atoms. The van der Waals surface area contributed by atoms with Gasteiger partial charge in [0.2, 0.25) is 0 Å². The number of nitrogens with one attached hydrogen (secondary N) is 2. The summed E-state index contributed by atoms with van der Waals surface area (Å²) in [4.78, 5) is 26.1. The van der Waals surface area contributed by atoms with Gasteiger partial charge in [-0.2, -0.15) is 0 Å². The van der Waals surface area contributed by atoms with Crippen molar-refractivity contribution in [2.45, 2.75) is 12.8 Å². The highest BCUT2D eigenvalue weighted by Gasteiger charge is 2.14. The molecule has 0 aromatic heterocycles. The van der Waals surface area contributed by atoms with E-state index in [1.165, 1.54) is 23.4 Å². The first-order valence-corrected chi connectivity index (χ1v) is 9.86. The molecule has 1 aliphatic heterocycles. The van der Waals surface area contributed by atoms with Crippen LogP contribution in [0.25, 0.3) is 0 Å². The molecule has 2 aromatic rings. The fourth-order valence-corrected chi connectivity index (χ4v) is 3.21. The monoisotopic (exact) mass is 419 g/mol. The van der Waals surface area contributed by atoms with Crippen molar-refractivity contribution in [2.24, 2.45) is 0 Å². The van der Waals surface area contributed by atoms with Crippen LogP contribution in [-0.4, -0.2) is 44.7 Å². The first-order valence-electron chi connectivity index (χ1n) is 9.49. The number of hydrogen-bond acceptors (Lipinski definition) is 4. The van der Waals surface area contributed by atoms with Crippen LogP contribution in [0.3, 0.4) is 0 Å². The van der Waals surface area contributed by atoms with E-state index in [1.54, 1.807) is 0 Å². The van der Waals surface area contributed by atoms with Gasteiger partial charge in [-0.05, 0) is 48.7 Å². The molecule has 2 N–H and O–H groups in total. The molecule has 8 heteroatoms. The quantitative estimate of drug-likeness (QED) is 0.557. The lowest BCUT2D eigenvalue weighted by Gasteiger charge is -2.28. The SMILES string of the molecule is O=C(NCCCc1ccc(N2CCOCC2)cc1)C(=O)Nc1ccc(F)c(Cl)c1. The van der Waals surface area contributed by atoms with Crippen molar-refractivity contribution in [3.8, 4) is 0 Å². The summed E-state index contributed by atoms with van der Waals surface area (Å²) >= 11 is 5.66. The van der Waals surface area contributed by atoms with Gasteiger partial charge in [-0.25, -0.2) is 4.39 Å². The normalized spacial score (nSPS) is 13.8. The molecule has 3 rings (SSSR count). The average Bonchev–Trinajstić information content (AvgIpc) is 2.74. The molecule has 1 saturated heterocycles. The van der Waals surface area contributed by atoms with Crippen molar-refractivity contribution < 1.29 is 18.7 Å². The molecular weight excluding hydrogens is 397 g/mol. The van der Waals surface area contributed by atoms with Gasteiger partial charge in [0.15, 0.2) is 0 Å². The largest absolute Gasteiger partial charge is 0.378 e. The summed E-state index contributed by atoms with van der Waals surface area (Å²) in [5, 5.41) is 4.85. The summed E-state index contributed by atoms with van der Waals surface area (Å²) in [7, 11) is 0. The molecule has 29 heavy (non-hydrogen) atoms. The van der Waals surface area contributed by atoms with Gasteiger partial charge in [0, 0.05) is 31.0 Å². The fourth-order valence-electron chi connectivity index (χ4n) is 3.03. The van der Waals surface area contributed by atoms with Crippen LogP contribution in [-0.2, 0) is 20.7 Å². The van der Waals surface area contributed by atoms with Crippen LogP contribution in [0.1, 0.15) is 12.0 Å². The highest BCUT2D eigenvalue weighted by molar-refractivity contribution is 6.39. The first-order chi connectivity index (χ1) is 14.0. The Morgan fingerprint density at radius 2 is 1.79 bits per heavy atom. The van der Waals surface area contributed by atoms with Gasteiger partial charge < -0.3 is 20.3 Å². The minimum absolute atomic E-state index is 0.122. The number of anilines is 2.